The Morgan fingerprint density at radius 1 is 1.31 bits per heavy atom. The number of nitrogens with zero attached hydrogens (tertiary/aromatic N) is 2. The van der Waals surface area contributed by atoms with Gasteiger partial charge in [-0.05, 0) is 26.7 Å². The molecule has 2 amide bonds. The number of hydrogen-bond donors (Lipinski definition) is 4. The molecule has 26 heavy (non-hydrogen) atoms. The fourth-order valence-electron chi connectivity index (χ4n) is 4.09. The van der Waals surface area contributed by atoms with E-state index >= 15 is 0 Å². The minimum absolute atomic E-state index is 0.0101. The van der Waals surface area contributed by atoms with Gasteiger partial charge in [-0.15, -0.1) is 0 Å². The minimum Gasteiger partial charge on any atom is -0.391 e. The first kappa shape index (κ1) is 18.8. The third-order valence-electron chi connectivity index (χ3n) is 5.81. The van der Waals surface area contributed by atoms with Gasteiger partial charge in [0.15, 0.2) is 0 Å². The molecule has 2 unspecified atom stereocenters. The molecular formula is C18H29N5O3. The van der Waals surface area contributed by atoms with Crippen LogP contribution < -0.4 is 16.0 Å². The van der Waals surface area contributed by atoms with E-state index in [9.17, 15) is 14.7 Å². The quantitative estimate of drug-likeness (QED) is 0.578. The van der Waals surface area contributed by atoms with Gasteiger partial charge < -0.3 is 21.1 Å². The van der Waals surface area contributed by atoms with Crippen LogP contribution in [0, 0.1) is 19.8 Å². The summed E-state index contributed by atoms with van der Waals surface area (Å²) >= 11 is 0. The summed E-state index contributed by atoms with van der Waals surface area (Å²) in [6.07, 6.45) is 2.65. The summed E-state index contributed by atoms with van der Waals surface area (Å²) in [5, 5.41) is 23.3. The van der Waals surface area contributed by atoms with E-state index in [1.165, 1.54) is 0 Å². The number of carbonyl (C=O) groups excluding carboxylic acids is 2. The number of amides is 2. The van der Waals surface area contributed by atoms with Crippen molar-refractivity contribution in [1.29, 1.82) is 0 Å². The molecule has 2 aliphatic rings. The van der Waals surface area contributed by atoms with Gasteiger partial charge >= 0.3 is 0 Å². The van der Waals surface area contributed by atoms with Gasteiger partial charge in [0.25, 0.3) is 5.91 Å². The van der Waals surface area contributed by atoms with E-state index in [-0.39, 0.29) is 17.7 Å². The molecule has 8 heteroatoms. The Bertz CT molecular complexity index is 693. The molecule has 0 aromatic carbocycles. The highest BCUT2D eigenvalue weighted by Crippen LogP contribution is 2.31. The summed E-state index contributed by atoms with van der Waals surface area (Å²) in [6.45, 7) is 5.31. The predicted molar refractivity (Wildman–Crippen MR) is 96.7 cm³/mol. The molecule has 1 saturated heterocycles. The third kappa shape index (κ3) is 3.48. The van der Waals surface area contributed by atoms with Gasteiger partial charge in [-0.25, -0.2) is 0 Å². The lowest BCUT2D eigenvalue weighted by Gasteiger charge is -2.30. The van der Waals surface area contributed by atoms with Gasteiger partial charge in [-0.1, -0.05) is 12.8 Å². The summed E-state index contributed by atoms with van der Waals surface area (Å²) in [5.74, 6) is -0.384. The minimum atomic E-state index is -0.872. The van der Waals surface area contributed by atoms with Gasteiger partial charge in [0.2, 0.25) is 5.91 Å². The Balaban J connectivity index is 1.71. The molecule has 3 rings (SSSR count). The molecule has 1 aliphatic carbocycles. The topological polar surface area (TPSA) is 108 Å². The van der Waals surface area contributed by atoms with Crippen molar-refractivity contribution in [1.82, 2.24) is 25.7 Å². The average molecular weight is 363 g/mol. The van der Waals surface area contributed by atoms with Crippen molar-refractivity contribution in [3.05, 3.63) is 17.0 Å². The van der Waals surface area contributed by atoms with E-state index in [4.69, 9.17) is 0 Å². The zero-order chi connectivity index (χ0) is 18.9. The summed E-state index contributed by atoms with van der Waals surface area (Å²) in [4.78, 5) is 25.8. The summed E-state index contributed by atoms with van der Waals surface area (Å²) < 4.78 is 1.68. The first-order chi connectivity index (χ1) is 12.3. The third-order valence-corrected chi connectivity index (χ3v) is 5.81. The number of aromatic nitrogens is 2. The second-order valence-electron chi connectivity index (χ2n) is 7.61. The van der Waals surface area contributed by atoms with E-state index in [0.717, 1.165) is 18.5 Å². The van der Waals surface area contributed by atoms with E-state index in [1.54, 1.807) is 18.7 Å². The van der Waals surface area contributed by atoms with Crippen LogP contribution in [-0.4, -0.2) is 58.0 Å². The van der Waals surface area contributed by atoms with Crippen LogP contribution in [0.5, 0.6) is 0 Å². The molecule has 1 aromatic rings. The number of aliphatic hydroxyl groups excluding tert-OH is 1. The molecule has 0 spiro atoms. The van der Waals surface area contributed by atoms with Crippen LogP contribution in [0.3, 0.4) is 0 Å². The van der Waals surface area contributed by atoms with E-state index in [2.05, 4.69) is 21.0 Å². The molecule has 8 nitrogen and oxygen atoms in total. The average Bonchev–Trinajstić information content (AvgIpc) is 3.27. The molecule has 2 fully saturated rings. The zero-order valence-electron chi connectivity index (χ0n) is 15.8. The standard InChI is InChI=1S/C18H29N5O3/c1-11-15(12(2)23(3)22-11)16(25)21-18(6-4-5-7-18)17(26)20-9-13-8-19-10-14(13)24/h13-14,19,24H,4-10H2,1-3H3,(H,20,26)(H,21,25). The van der Waals surface area contributed by atoms with Crippen molar-refractivity contribution in [2.75, 3.05) is 19.6 Å². The number of hydrogen-bond acceptors (Lipinski definition) is 5. The number of β-amino-alcohol motifs (C(OH)–C–C–N with tert-alkyl or cyclic N) is 1. The first-order valence-electron chi connectivity index (χ1n) is 9.34. The van der Waals surface area contributed by atoms with Gasteiger partial charge in [-0.3, -0.25) is 14.3 Å². The number of aryl methyl sites for hydroxylation is 2. The van der Waals surface area contributed by atoms with Crippen molar-refractivity contribution in [2.24, 2.45) is 13.0 Å². The van der Waals surface area contributed by atoms with Crippen LogP contribution in [0.1, 0.15) is 47.4 Å². The molecule has 1 aromatic heterocycles. The molecule has 0 radical (unpaired) electrons. The molecular weight excluding hydrogens is 334 g/mol. The fourth-order valence-corrected chi connectivity index (χ4v) is 4.09. The maximum absolute atomic E-state index is 12.9. The van der Waals surface area contributed by atoms with Crippen LogP contribution >= 0.6 is 0 Å². The van der Waals surface area contributed by atoms with Crippen molar-refractivity contribution < 1.29 is 14.7 Å². The van der Waals surface area contributed by atoms with Gasteiger partial charge in [0.05, 0.1) is 17.4 Å². The van der Waals surface area contributed by atoms with Crippen molar-refractivity contribution >= 4 is 11.8 Å². The van der Waals surface area contributed by atoms with E-state index in [0.29, 0.717) is 43.7 Å². The Hall–Kier alpha value is -1.93. The summed E-state index contributed by atoms with van der Waals surface area (Å²) in [6, 6.07) is 0. The highest BCUT2D eigenvalue weighted by molar-refractivity contribution is 6.00. The van der Waals surface area contributed by atoms with Crippen LogP contribution in [0.25, 0.3) is 0 Å². The summed E-state index contributed by atoms with van der Waals surface area (Å²) in [7, 11) is 1.80. The van der Waals surface area contributed by atoms with Gasteiger partial charge in [0, 0.05) is 38.3 Å². The lowest BCUT2D eigenvalue weighted by atomic mass is 9.94. The second-order valence-corrected chi connectivity index (χ2v) is 7.61. The maximum Gasteiger partial charge on any atom is 0.255 e. The number of nitrogens with one attached hydrogen (secondary N) is 3. The molecule has 4 N–H and O–H groups in total. The molecule has 1 aliphatic heterocycles. The number of aliphatic hydroxyl groups is 1. The number of rotatable bonds is 5. The SMILES string of the molecule is Cc1nn(C)c(C)c1C(=O)NC1(C(=O)NCC2CNCC2O)CCCC1. The maximum atomic E-state index is 12.9. The Morgan fingerprint density at radius 2 is 2.00 bits per heavy atom. The normalized spacial score (nSPS) is 24.6. The fraction of sp³-hybridized carbons (Fsp3) is 0.722. The lowest BCUT2D eigenvalue weighted by molar-refractivity contribution is -0.127. The van der Waals surface area contributed by atoms with E-state index < -0.39 is 11.6 Å². The largest absolute Gasteiger partial charge is 0.391 e. The molecule has 2 atom stereocenters. The van der Waals surface area contributed by atoms with Crippen LogP contribution in [0.4, 0.5) is 0 Å². The van der Waals surface area contributed by atoms with E-state index in [1.807, 2.05) is 6.92 Å². The molecule has 144 valence electrons. The Morgan fingerprint density at radius 3 is 2.54 bits per heavy atom. The monoisotopic (exact) mass is 363 g/mol. The first-order valence-corrected chi connectivity index (χ1v) is 9.34. The molecule has 0 bridgehead atoms. The predicted octanol–water partition coefficient (Wildman–Crippen LogP) is -0.224. The second kappa shape index (κ2) is 7.36. The Labute approximate surface area is 153 Å². The van der Waals surface area contributed by atoms with Crippen LogP contribution in [0.15, 0.2) is 0 Å². The Kier molecular flexibility index (Phi) is 5.34. The smallest absolute Gasteiger partial charge is 0.255 e. The van der Waals surface area contributed by atoms with Crippen molar-refractivity contribution in [2.45, 2.75) is 51.2 Å². The zero-order valence-corrected chi connectivity index (χ0v) is 15.8. The van der Waals surface area contributed by atoms with Crippen LogP contribution in [0.2, 0.25) is 0 Å². The van der Waals surface area contributed by atoms with Crippen molar-refractivity contribution in [3.8, 4) is 0 Å². The summed E-state index contributed by atoms with van der Waals surface area (Å²) in [5.41, 5.74) is 1.12. The lowest BCUT2D eigenvalue weighted by Crippen LogP contribution is -2.58. The van der Waals surface area contributed by atoms with Crippen molar-refractivity contribution in [3.63, 3.8) is 0 Å². The highest BCUT2D eigenvalue weighted by atomic mass is 16.3. The number of carbonyl (C=O) groups is 2. The van der Waals surface area contributed by atoms with Crippen LogP contribution in [-0.2, 0) is 11.8 Å². The molecule has 1 saturated carbocycles. The van der Waals surface area contributed by atoms with Gasteiger partial charge in [-0.2, -0.15) is 5.10 Å². The van der Waals surface area contributed by atoms with Gasteiger partial charge in [0.1, 0.15) is 5.54 Å². The molecule has 2 heterocycles. The highest BCUT2D eigenvalue weighted by Gasteiger charge is 2.43.